The maximum absolute atomic E-state index is 12.5. The van der Waals surface area contributed by atoms with Crippen LogP contribution in [0.5, 0.6) is 11.5 Å². The largest absolute Gasteiger partial charge is 0.486 e. The third-order valence-corrected chi connectivity index (χ3v) is 5.14. The van der Waals surface area contributed by atoms with Gasteiger partial charge in [0.05, 0.1) is 22.6 Å². The van der Waals surface area contributed by atoms with Crippen molar-refractivity contribution in [1.29, 1.82) is 0 Å². The fourth-order valence-electron chi connectivity index (χ4n) is 2.58. The molecule has 1 unspecified atom stereocenters. The van der Waals surface area contributed by atoms with Crippen LogP contribution in [0.3, 0.4) is 0 Å². The summed E-state index contributed by atoms with van der Waals surface area (Å²) in [6.07, 6.45) is 0. The highest BCUT2D eigenvalue weighted by molar-refractivity contribution is 9.10. The van der Waals surface area contributed by atoms with Crippen molar-refractivity contribution < 1.29 is 14.3 Å². The standard InChI is InChI=1S/C17H20BrN3O3/c1-10(9-21-12(3)16(18)11(2)20-21)17(22)19-13-4-5-14-15(8-13)24-7-6-23-14/h4-5,8,10H,6-7,9H2,1-3H3,(H,19,22). The van der Waals surface area contributed by atoms with E-state index in [4.69, 9.17) is 9.47 Å². The molecule has 1 aliphatic rings. The number of rotatable bonds is 4. The summed E-state index contributed by atoms with van der Waals surface area (Å²) in [5.74, 6) is 1.09. The minimum Gasteiger partial charge on any atom is -0.486 e. The second-order valence-corrected chi connectivity index (χ2v) is 6.71. The lowest BCUT2D eigenvalue weighted by Crippen LogP contribution is -2.25. The van der Waals surface area contributed by atoms with Crippen LogP contribution in [0.25, 0.3) is 0 Å². The fourth-order valence-corrected chi connectivity index (χ4v) is 2.87. The molecule has 2 aromatic rings. The lowest BCUT2D eigenvalue weighted by atomic mass is 10.1. The van der Waals surface area contributed by atoms with Gasteiger partial charge >= 0.3 is 0 Å². The van der Waals surface area contributed by atoms with Crippen LogP contribution < -0.4 is 14.8 Å². The summed E-state index contributed by atoms with van der Waals surface area (Å²) in [6, 6.07) is 5.42. The van der Waals surface area contributed by atoms with Gasteiger partial charge in [-0.05, 0) is 41.9 Å². The lowest BCUT2D eigenvalue weighted by Gasteiger charge is -2.19. The SMILES string of the molecule is Cc1nn(CC(C)C(=O)Nc2ccc3c(c2)OCCO3)c(C)c1Br. The van der Waals surface area contributed by atoms with Crippen LogP contribution in [0.1, 0.15) is 18.3 Å². The zero-order valence-electron chi connectivity index (χ0n) is 13.9. The number of amides is 1. The maximum atomic E-state index is 12.5. The molecule has 1 N–H and O–H groups in total. The summed E-state index contributed by atoms with van der Waals surface area (Å²) < 4.78 is 13.9. The maximum Gasteiger partial charge on any atom is 0.229 e. The van der Waals surface area contributed by atoms with Crippen molar-refractivity contribution in [3.8, 4) is 11.5 Å². The number of aryl methyl sites for hydroxylation is 1. The van der Waals surface area contributed by atoms with E-state index in [1.807, 2.05) is 37.6 Å². The van der Waals surface area contributed by atoms with Gasteiger partial charge in [0.2, 0.25) is 5.91 Å². The van der Waals surface area contributed by atoms with Gasteiger partial charge in [0.25, 0.3) is 0 Å². The molecule has 0 aliphatic carbocycles. The number of benzene rings is 1. The molecule has 24 heavy (non-hydrogen) atoms. The molecule has 2 heterocycles. The quantitative estimate of drug-likeness (QED) is 0.864. The predicted octanol–water partition coefficient (Wildman–Crippen LogP) is 3.31. The summed E-state index contributed by atoms with van der Waals surface area (Å²) in [6.45, 7) is 7.40. The molecular formula is C17H20BrN3O3. The third-order valence-electron chi connectivity index (χ3n) is 4.00. The van der Waals surface area contributed by atoms with Crippen LogP contribution >= 0.6 is 15.9 Å². The van der Waals surface area contributed by atoms with Gasteiger partial charge in [0, 0.05) is 17.4 Å². The molecular weight excluding hydrogens is 374 g/mol. The molecule has 1 aromatic carbocycles. The Hall–Kier alpha value is -2.02. The summed E-state index contributed by atoms with van der Waals surface area (Å²) in [4.78, 5) is 12.5. The Balaban J connectivity index is 1.67. The monoisotopic (exact) mass is 393 g/mol. The van der Waals surface area contributed by atoms with Gasteiger partial charge in [-0.2, -0.15) is 5.10 Å². The van der Waals surface area contributed by atoms with Crippen LogP contribution in [-0.2, 0) is 11.3 Å². The Labute approximate surface area is 149 Å². The van der Waals surface area contributed by atoms with Gasteiger partial charge < -0.3 is 14.8 Å². The van der Waals surface area contributed by atoms with Crippen LogP contribution in [0.4, 0.5) is 5.69 Å². The highest BCUT2D eigenvalue weighted by Crippen LogP contribution is 2.32. The average molecular weight is 394 g/mol. The number of carbonyl (C=O) groups is 1. The Bertz CT molecular complexity index is 773. The number of anilines is 1. The van der Waals surface area contributed by atoms with E-state index in [0.29, 0.717) is 36.9 Å². The van der Waals surface area contributed by atoms with Crippen LogP contribution in [0.15, 0.2) is 22.7 Å². The number of fused-ring (bicyclic) bond motifs is 1. The van der Waals surface area contributed by atoms with Gasteiger partial charge in [-0.1, -0.05) is 6.92 Å². The van der Waals surface area contributed by atoms with E-state index in [9.17, 15) is 4.79 Å². The molecule has 0 spiro atoms. The average Bonchev–Trinajstić information content (AvgIpc) is 2.81. The van der Waals surface area contributed by atoms with E-state index >= 15 is 0 Å². The van der Waals surface area contributed by atoms with Crippen molar-refractivity contribution in [3.63, 3.8) is 0 Å². The Morgan fingerprint density at radius 1 is 1.33 bits per heavy atom. The molecule has 128 valence electrons. The molecule has 0 fully saturated rings. The van der Waals surface area contributed by atoms with Crippen LogP contribution in [-0.4, -0.2) is 28.9 Å². The molecule has 0 bridgehead atoms. The molecule has 1 aliphatic heterocycles. The van der Waals surface area contributed by atoms with Crippen LogP contribution in [0, 0.1) is 19.8 Å². The number of hydrogen-bond acceptors (Lipinski definition) is 4. The van der Waals surface area contributed by atoms with E-state index in [2.05, 4.69) is 26.3 Å². The molecule has 7 heteroatoms. The zero-order valence-corrected chi connectivity index (χ0v) is 15.5. The number of aromatic nitrogens is 2. The highest BCUT2D eigenvalue weighted by atomic mass is 79.9. The second-order valence-electron chi connectivity index (χ2n) is 5.92. The number of carbonyl (C=O) groups excluding carboxylic acids is 1. The van der Waals surface area contributed by atoms with E-state index < -0.39 is 0 Å². The van der Waals surface area contributed by atoms with Crippen molar-refractivity contribution in [2.75, 3.05) is 18.5 Å². The van der Waals surface area contributed by atoms with Crippen molar-refractivity contribution >= 4 is 27.5 Å². The first-order chi connectivity index (χ1) is 11.5. The van der Waals surface area contributed by atoms with Crippen molar-refractivity contribution in [2.24, 2.45) is 5.92 Å². The normalized spacial score (nSPS) is 14.3. The topological polar surface area (TPSA) is 65.4 Å². The predicted molar refractivity (Wildman–Crippen MR) is 94.6 cm³/mol. The van der Waals surface area contributed by atoms with E-state index in [1.54, 1.807) is 6.07 Å². The van der Waals surface area contributed by atoms with E-state index in [-0.39, 0.29) is 11.8 Å². The summed E-state index contributed by atoms with van der Waals surface area (Å²) >= 11 is 3.51. The van der Waals surface area contributed by atoms with Gasteiger partial charge in [0.1, 0.15) is 13.2 Å². The summed E-state index contributed by atoms with van der Waals surface area (Å²) in [7, 11) is 0. The fraction of sp³-hybridized carbons (Fsp3) is 0.412. The molecule has 1 atom stereocenters. The summed E-state index contributed by atoms with van der Waals surface area (Å²) in [5, 5.41) is 7.38. The second kappa shape index (κ2) is 6.84. The third kappa shape index (κ3) is 3.40. The minimum absolute atomic E-state index is 0.0599. The Kier molecular flexibility index (Phi) is 4.80. The zero-order chi connectivity index (χ0) is 17.3. The minimum atomic E-state index is -0.219. The first-order valence-corrected chi connectivity index (χ1v) is 8.65. The first-order valence-electron chi connectivity index (χ1n) is 7.85. The highest BCUT2D eigenvalue weighted by Gasteiger charge is 2.18. The molecule has 0 saturated heterocycles. The molecule has 1 aromatic heterocycles. The molecule has 3 rings (SSSR count). The number of halogens is 1. The summed E-state index contributed by atoms with van der Waals surface area (Å²) in [5.41, 5.74) is 2.64. The first kappa shape index (κ1) is 16.8. The molecule has 0 saturated carbocycles. The Morgan fingerprint density at radius 3 is 2.71 bits per heavy atom. The van der Waals surface area contributed by atoms with Gasteiger partial charge in [0.15, 0.2) is 11.5 Å². The van der Waals surface area contributed by atoms with Crippen LogP contribution in [0.2, 0.25) is 0 Å². The van der Waals surface area contributed by atoms with E-state index in [1.165, 1.54) is 0 Å². The smallest absolute Gasteiger partial charge is 0.229 e. The number of nitrogens with zero attached hydrogens (tertiary/aromatic N) is 2. The number of ether oxygens (including phenoxy) is 2. The van der Waals surface area contributed by atoms with Crippen molar-refractivity contribution in [1.82, 2.24) is 9.78 Å². The molecule has 1 amide bonds. The van der Waals surface area contributed by atoms with Gasteiger partial charge in [-0.15, -0.1) is 0 Å². The van der Waals surface area contributed by atoms with Crippen molar-refractivity contribution in [2.45, 2.75) is 27.3 Å². The molecule has 6 nitrogen and oxygen atoms in total. The Morgan fingerprint density at radius 2 is 2.04 bits per heavy atom. The van der Waals surface area contributed by atoms with Gasteiger partial charge in [-0.25, -0.2) is 0 Å². The number of hydrogen-bond donors (Lipinski definition) is 1. The lowest BCUT2D eigenvalue weighted by molar-refractivity contribution is -0.119. The van der Waals surface area contributed by atoms with Gasteiger partial charge in [-0.3, -0.25) is 9.48 Å². The van der Waals surface area contributed by atoms with E-state index in [0.717, 1.165) is 15.9 Å². The number of nitrogens with one attached hydrogen (secondary N) is 1. The molecule has 0 radical (unpaired) electrons. The van der Waals surface area contributed by atoms with Crippen molar-refractivity contribution in [3.05, 3.63) is 34.1 Å².